The van der Waals surface area contributed by atoms with Gasteiger partial charge in [0.25, 0.3) is 0 Å². The average Bonchev–Trinajstić information content (AvgIpc) is 2.08. The van der Waals surface area contributed by atoms with E-state index in [9.17, 15) is 5.11 Å². The minimum Gasteiger partial charge on any atom is -0.386 e. The zero-order valence-electron chi connectivity index (χ0n) is 9.13. The predicted molar refractivity (Wildman–Crippen MR) is 52.8 cm³/mol. The first-order valence-electron chi connectivity index (χ1n) is 4.86. The van der Waals surface area contributed by atoms with Crippen molar-refractivity contribution in [2.45, 2.75) is 38.8 Å². The molecule has 0 bridgehead atoms. The highest BCUT2D eigenvalue weighted by Crippen LogP contribution is 2.19. The quantitative estimate of drug-likeness (QED) is 0.611. The molecule has 78 valence electrons. The summed E-state index contributed by atoms with van der Waals surface area (Å²) in [7, 11) is 0. The number of rotatable bonds is 0. The van der Waals surface area contributed by atoms with Crippen molar-refractivity contribution in [3.63, 3.8) is 0 Å². The summed E-state index contributed by atoms with van der Waals surface area (Å²) in [5, 5.41) is 9.92. The van der Waals surface area contributed by atoms with E-state index in [4.69, 9.17) is 4.74 Å². The van der Waals surface area contributed by atoms with Crippen LogP contribution in [-0.4, -0.2) is 47.4 Å². The Bertz CT molecular complexity index is 172. The van der Waals surface area contributed by atoms with Crippen LogP contribution in [0.3, 0.4) is 0 Å². The van der Waals surface area contributed by atoms with Gasteiger partial charge in [-0.05, 0) is 27.7 Å². The maximum Gasteiger partial charge on any atom is 0.0978 e. The summed E-state index contributed by atoms with van der Waals surface area (Å²) in [6, 6.07) is 0. The Balaban J connectivity index is 2.65. The Kier molecular flexibility index (Phi) is 3.00. The summed E-state index contributed by atoms with van der Waals surface area (Å²) in [6.45, 7) is 11.1. The van der Waals surface area contributed by atoms with Crippen LogP contribution >= 0.6 is 0 Å². The van der Waals surface area contributed by atoms with Crippen LogP contribution in [0.25, 0.3) is 0 Å². The fourth-order valence-electron chi connectivity index (χ4n) is 1.58. The van der Waals surface area contributed by atoms with E-state index in [0.29, 0.717) is 19.8 Å². The molecular formula is C10H21NO2. The second-order valence-electron chi connectivity index (χ2n) is 5.14. The molecule has 0 saturated carbocycles. The number of aliphatic hydroxyl groups is 1. The third-order valence-electron chi connectivity index (χ3n) is 2.40. The molecule has 0 aromatic heterocycles. The molecule has 0 aromatic rings. The molecule has 1 heterocycles. The Morgan fingerprint density at radius 2 is 2.00 bits per heavy atom. The zero-order valence-corrected chi connectivity index (χ0v) is 9.13. The lowest BCUT2D eigenvalue weighted by Gasteiger charge is -2.37. The molecule has 0 aromatic carbocycles. The highest BCUT2D eigenvalue weighted by Gasteiger charge is 2.32. The van der Waals surface area contributed by atoms with Gasteiger partial charge >= 0.3 is 0 Å². The summed E-state index contributed by atoms with van der Waals surface area (Å²) < 4.78 is 5.34. The Morgan fingerprint density at radius 1 is 1.38 bits per heavy atom. The van der Waals surface area contributed by atoms with E-state index >= 15 is 0 Å². The third-order valence-corrected chi connectivity index (χ3v) is 2.40. The molecule has 3 nitrogen and oxygen atoms in total. The molecule has 0 aliphatic carbocycles. The van der Waals surface area contributed by atoms with Gasteiger partial charge in [0.2, 0.25) is 0 Å². The van der Waals surface area contributed by atoms with Crippen LogP contribution in [-0.2, 0) is 4.74 Å². The Morgan fingerprint density at radius 3 is 2.54 bits per heavy atom. The molecule has 1 rings (SSSR count). The van der Waals surface area contributed by atoms with Gasteiger partial charge in [0.1, 0.15) is 0 Å². The summed E-state index contributed by atoms with van der Waals surface area (Å²) in [4.78, 5) is 2.26. The normalized spacial score (nSPS) is 33.0. The van der Waals surface area contributed by atoms with Gasteiger partial charge in [-0.3, -0.25) is 4.90 Å². The van der Waals surface area contributed by atoms with Crippen molar-refractivity contribution in [2.24, 2.45) is 0 Å². The molecule has 1 N–H and O–H groups in total. The lowest BCUT2D eigenvalue weighted by molar-refractivity contribution is -0.0300. The van der Waals surface area contributed by atoms with Crippen molar-refractivity contribution in [1.29, 1.82) is 0 Å². The zero-order chi connectivity index (χ0) is 10.1. The van der Waals surface area contributed by atoms with Gasteiger partial charge in [0.05, 0.1) is 18.8 Å². The van der Waals surface area contributed by atoms with Crippen LogP contribution in [0.1, 0.15) is 27.7 Å². The van der Waals surface area contributed by atoms with Crippen molar-refractivity contribution >= 4 is 0 Å². The third kappa shape index (κ3) is 3.25. The molecule has 1 saturated heterocycles. The topological polar surface area (TPSA) is 32.7 Å². The molecule has 0 amide bonds. The Hall–Kier alpha value is -0.120. The standard InChI is InChI=1S/C10H21NO2/c1-9(2,3)11-5-6-13-8-10(4,12)7-11/h12H,5-8H2,1-4H3/t10-/m1/s1. The van der Waals surface area contributed by atoms with Gasteiger partial charge in [-0.1, -0.05) is 0 Å². The minimum absolute atomic E-state index is 0.109. The highest BCUT2D eigenvalue weighted by molar-refractivity contribution is 4.86. The number of hydrogen-bond donors (Lipinski definition) is 1. The fourth-order valence-corrected chi connectivity index (χ4v) is 1.58. The van der Waals surface area contributed by atoms with Crippen LogP contribution in [0.15, 0.2) is 0 Å². The van der Waals surface area contributed by atoms with E-state index in [1.54, 1.807) is 0 Å². The number of nitrogens with zero attached hydrogens (tertiary/aromatic N) is 1. The molecule has 1 fully saturated rings. The van der Waals surface area contributed by atoms with Gasteiger partial charge in [-0.15, -0.1) is 0 Å². The monoisotopic (exact) mass is 187 g/mol. The highest BCUT2D eigenvalue weighted by atomic mass is 16.5. The van der Waals surface area contributed by atoms with E-state index in [-0.39, 0.29) is 5.54 Å². The first-order valence-corrected chi connectivity index (χ1v) is 4.86. The molecule has 1 aliphatic rings. The number of ether oxygens (including phenoxy) is 1. The molecule has 0 radical (unpaired) electrons. The number of β-amino-alcohol motifs (C(OH)–C–C–N with tert-alkyl or cyclic N) is 1. The molecule has 1 atom stereocenters. The second kappa shape index (κ2) is 3.56. The van der Waals surface area contributed by atoms with Gasteiger partial charge in [-0.25, -0.2) is 0 Å². The maximum atomic E-state index is 9.92. The van der Waals surface area contributed by atoms with Gasteiger partial charge in [-0.2, -0.15) is 0 Å². The lowest BCUT2D eigenvalue weighted by Crippen LogP contribution is -2.49. The first-order chi connectivity index (χ1) is 5.81. The summed E-state index contributed by atoms with van der Waals surface area (Å²) in [6.07, 6.45) is 0. The van der Waals surface area contributed by atoms with E-state index in [1.807, 2.05) is 6.92 Å². The van der Waals surface area contributed by atoms with Crippen molar-refractivity contribution in [2.75, 3.05) is 26.3 Å². The summed E-state index contributed by atoms with van der Waals surface area (Å²) in [5.74, 6) is 0. The maximum absolute atomic E-state index is 9.92. The largest absolute Gasteiger partial charge is 0.386 e. The van der Waals surface area contributed by atoms with Crippen LogP contribution in [0.5, 0.6) is 0 Å². The van der Waals surface area contributed by atoms with Crippen LogP contribution in [0.4, 0.5) is 0 Å². The van der Waals surface area contributed by atoms with Crippen LogP contribution < -0.4 is 0 Å². The van der Waals surface area contributed by atoms with E-state index < -0.39 is 5.60 Å². The average molecular weight is 187 g/mol. The van der Waals surface area contributed by atoms with Crippen LogP contribution in [0.2, 0.25) is 0 Å². The lowest BCUT2D eigenvalue weighted by atomic mass is 10.0. The predicted octanol–water partition coefficient (Wildman–Crippen LogP) is 0.868. The van der Waals surface area contributed by atoms with Crippen molar-refractivity contribution < 1.29 is 9.84 Å². The first kappa shape index (κ1) is 11.0. The smallest absolute Gasteiger partial charge is 0.0978 e. The van der Waals surface area contributed by atoms with E-state index in [1.165, 1.54) is 0 Å². The van der Waals surface area contributed by atoms with Gasteiger partial charge < -0.3 is 9.84 Å². The molecular weight excluding hydrogens is 166 g/mol. The fraction of sp³-hybridized carbons (Fsp3) is 1.00. The second-order valence-corrected chi connectivity index (χ2v) is 5.14. The minimum atomic E-state index is -0.705. The van der Waals surface area contributed by atoms with Gasteiger partial charge in [0.15, 0.2) is 0 Å². The van der Waals surface area contributed by atoms with Gasteiger partial charge in [0, 0.05) is 18.6 Å². The van der Waals surface area contributed by atoms with Crippen molar-refractivity contribution in [1.82, 2.24) is 4.90 Å². The molecule has 0 spiro atoms. The Labute approximate surface area is 80.7 Å². The van der Waals surface area contributed by atoms with Crippen LogP contribution in [0, 0.1) is 0 Å². The summed E-state index contributed by atoms with van der Waals surface area (Å²) in [5.41, 5.74) is -0.596. The van der Waals surface area contributed by atoms with Crippen molar-refractivity contribution in [3.8, 4) is 0 Å². The summed E-state index contributed by atoms with van der Waals surface area (Å²) >= 11 is 0. The SMILES string of the molecule is CC(C)(C)N1CCOC[C@](C)(O)C1. The molecule has 13 heavy (non-hydrogen) atoms. The molecule has 1 aliphatic heterocycles. The van der Waals surface area contributed by atoms with E-state index in [0.717, 1.165) is 6.54 Å². The number of hydrogen-bond acceptors (Lipinski definition) is 3. The molecule has 0 unspecified atom stereocenters. The van der Waals surface area contributed by atoms with E-state index in [2.05, 4.69) is 25.7 Å². The molecule has 3 heteroatoms. The van der Waals surface area contributed by atoms with Crippen molar-refractivity contribution in [3.05, 3.63) is 0 Å².